The Hall–Kier alpha value is -4.14. The average Bonchev–Trinajstić information content (AvgIpc) is 2.73. The van der Waals surface area contributed by atoms with Gasteiger partial charge in [0.25, 0.3) is 5.91 Å². The third-order valence-corrected chi connectivity index (χ3v) is 3.99. The number of carbonyl (C=O) groups excluding carboxylic acids is 2. The fourth-order valence-electron chi connectivity index (χ4n) is 2.67. The number of rotatable bonds is 7. The number of aromatic nitrogens is 2. The Labute approximate surface area is 173 Å². The van der Waals surface area contributed by atoms with Crippen LogP contribution >= 0.6 is 0 Å². The summed E-state index contributed by atoms with van der Waals surface area (Å²) in [6.45, 7) is 1.17. The lowest BCUT2D eigenvalue weighted by molar-refractivity contribution is -0.118. The van der Waals surface area contributed by atoms with E-state index in [9.17, 15) is 9.59 Å². The van der Waals surface area contributed by atoms with Gasteiger partial charge < -0.3 is 25.8 Å². The van der Waals surface area contributed by atoms with E-state index in [-0.39, 0.29) is 24.4 Å². The monoisotopic (exact) mass is 407 g/mol. The summed E-state index contributed by atoms with van der Waals surface area (Å²) in [5.74, 6) is 0.603. The molecule has 0 radical (unpaired) electrons. The molecular weight excluding hydrogens is 386 g/mol. The van der Waals surface area contributed by atoms with E-state index in [1.54, 1.807) is 61.8 Å². The molecule has 0 aliphatic rings. The van der Waals surface area contributed by atoms with Crippen molar-refractivity contribution >= 4 is 29.1 Å². The molecule has 0 atom stereocenters. The number of nitrogen functional groups attached to an aromatic ring is 1. The van der Waals surface area contributed by atoms with E-state index in [0.717, 1.165) is 0 Å². The van der Waals surface area contributed by atoms with Gasteiger partial charge in [-0.1, -0.05) is 12.1 Å². The lowest BCUT2D eigenvalue weighted by Crippen LogP contribution is -2.21. The van der Waals surface area contributed by atoms with Gasteiger partial charge in [-0.2, -0.15) is 0 Å². The molecule has 154 valence electrons. The highest BCUT2D eigenvalue weighted by Crippen LogP contribution is 2.28. The smallest absolute Gasteiger partial charge is 0.262 e. The molecule has 0 unspecified atom stereocenters. The SMILES string of the molecule is COc1cccc(OCC(=O)Nc2ccc(-c3ccnc(N)n3)cc2NC(C)=O)c1. The zero-order valence-electron chi connectivity index (χ0n) is 16.5. The maximum Gasteiger partial charge on any atom is 0.262 e. The van der Waals surface area contributed by atoms with Crippen LogP contribution in [0.4, 0.5) is 17.3 Å². The first-order chi connectivity index (χ1) is 14.4. The number of nitrogens with two attached hydrogens (primary N) is 1. The molecule has 0 fully saturated rings. The van der Waals surface area contributed by atoms with E-state index in [1.165, 1.54) is 6.92 Å². The number of anilines is 3. The molecule has 1 heterocycles. The minimum Gasteiger partial charge on any atom is -0.497 e. The van der Waals surface area contributed by atoms with Crippen molar-refractivity contribution in [2.45, 2.75) is 6.92 Å². The fraction of sp³-hybridized carbons (Fsp3) is 0.143. The molecule has 0 aliphatic carbocycles. The Balaban J connectivity index is 1.75. The fourth-order valence-corrected chi connectivity index (χ4v) is 2.67. The largest absolute Gasteiger partial charge is 0.497 e. The van der Waals surface area contributed by atoms with Crippen LogP contribution < -0.4 is 25.8 Å². The van der Waals surface area contributed by atoms with E-state index in [4.69, 9.17) is 15.2 Å². The van der Waals surface area contributed by atoms with Gasteiger partial charge in [0.05, 0.1) is 24.2 Å². The Bertz CT molecular complexity index is 1070. The van der Waals surface area contributed by atoms with E-state index >= 15 is 0 Å². The summed E-state index contributed by atoms with van der Waals surface area (Å²) in [5, 5.41) is 5.44. The number of carbonyl (C=O) groups is 2. The zero-order valence-corrected chi connectivity index (χ0v) is 16.5. The lowest BCUT2D eigenvalue weighted by Gasteiger charge is -2.14. The summed E-state index contributed by atoms with van der Waals surface area (Å²) in [5.41, 5.74) is 7.79. The predicted molar refractivity (Wildman–Crippen MR) is 113 cm³/mol. The van der Waals surface area contributed by atoms with Gasteiger partial charge in [0, 0.05) is 24.8 Å². The van der Waals surface area contributed by atoms with Crippen molar-refractivity contribution < 1.29 is 19.1 Å². The molecule has 2 amide bonds. The first-order valence-corrected chi connectivity index (χ1v) is 9.02. The highest BCUT2D eigenvalue weighted by molar-refractivity contribution is 6.00. The van der Waals surface area contributed by atoms with Crippen LogP contribution in [0.1, 0.15) is 6.92 Å². The Kier molecular flexibility index (Phi) is 6.43. The Morgan fingerprint density at radius 3 is 2.57 bits per heavy atom. The second-order valence-corrected chi connectivity index (χ2v) is 6.26. The maximum absolute atomic E-state index is 12.4. The van der Waals surface area contributed by atoms with Crippen LogP contribution in [0, 0.1) is 0 Å². The van der Waals surface area contributed by atoms with Gasteiger partial charge in [0.15, 0.2) is 6.61 Å². The second kappa shape index (κ2) is 9.37. The highest BCUT2D eigenvalue weighted by Gasteiger charge is 2.12. The summed E-state index contributed by atoms with van der Waals surface area (Å²) < 4.78 is 10.6. The minimum absolute atomic E-state index is 0.139. The molecule has 0 bridgehead atoms. The Morgan fingerprint density at radius 1 is 1.03 bits per heavy atom. The normalized spacial score (nSPS) is 10.2. The summed E-state index contributed by atoms with van der Waals surface area (Å²) in [6, 6.07) is 13.8. The first kappa shape index (κ1) is 20.6. The quantitative estimate of drug-likeness (QED) is 0.549. The van der Waals surface area contributed by atoms with Gasteiger partial charge in [0.2, 0.25) is 11.9 Å². The molecule has 0 saturated carbocycles. The van der Waals surface area contributed by atoms with Crippen molar-refractivity contribution in [1.29, 1.82) is 0 Å². The van der Waals surface area contributed by atoms with Crippen molar-refractivity contribution in [3.05, 3.63) is 54.7 Å². The molecule has 4 N–H and O–H groups in total. The van der Waals surface area contributed by atoms with Crippen LogP contribution in [0.2, 0.25) is 0 Å². The number of nitrogens with one attached hydrogen (secondary N) is 2. The van der Waals surface area contributed by atoms with Gasteiger partial charge >= 0.3 is 0 Å². The van der Waals surface area contributed by atoms with E-state index in [0.29, 0.717) is 34.1 Å². The summed E-state index contributed by atoms with van der Waals surface area (Å²) in [4.78, 5) is 32.0. The predicted octanol–water partition coefficient (Wildman–Crippen LogP) is 2.71. The van der Waals surface area contributed by atoms with Gasteiger partial charge in [-0.25, -0.2) is 9.97 Å². The maximum atomic E-state index is 12.4. The third-order valence-electron chi connectivity index (χ3n) is 3.99. The van der Waals surface area contributed by atoms with Crippen LogP contribution in [0.3, 0.4) is 0 Å². The van der Waals surface area contributed by atoms with Crippen molar-refractivity contribution in [3.63, 3.8) is 0 Å². The minimum atomic E-state index is -0.386. The zero-order chi connectivity index (χ0) is 21.5. The molecule has 3 aromatic rings. The van der Waals surface area contributed by atoms with Crippen LogP contribution in [-0.2, 0) is 9.59 Å². The van der Waals surface area contributed by atoms with Crippen LogP contribution in [0.5, 0.6) is 11.5 Å². The third kappa shape index (κ3) is 5.44. The number of hydrogen-bond donors (Lipinski definition) is 3. The number of benzene rings is 2. The van der Waals surface area contributed by atoms with E-state index < -0.39 is 0 Å². The average molecular weight is 407 g/mol. The van der Waals surface area contributed by atoms with Gasteiger partial charge in [0.1, 0.15) is 11.5 Å². The van der Waals surface area contributed by atoms with Crippen molar-refractivity contribution in [2.24, 2.45) is 0 Å². The van der Waals surface area contributed by atoms with E-state index in [1.807, 2.05) is 0 Å². The molecule has 0 spiro atoms. The van der Waals surface area contributed by atoms with Gasteiger partial charge in [-0.15, -0.1) is 0 Å². The van der Waals surface area contributed by atoms with Gasteiger partial charge in [-0.05, 0) is 30.3 Å². The standard InChI is InChI=1S/C21H21N5O4/c1-13(27)24-19-10-14(17-8-9-23-21(22)26-17)6-7-18(19)25-20(28)12-30-16-5-3-4-15(11-16)29-2/h3-11H,12H2,1-2H3,(H,24,27)(H,25,28)(H2,22,23,26). The lowest BCUT2D eigenvalue weighted by atomic mass is 10.1. The molecular formula is C21H21N5O4. The molecule has 9 heteroatoms. The van der Waals surface area contributed by atoms with Crippen LogP contribution in [0.15, 0.2) is 54.7 Å². The molecule has 1 aromatic heterocycles. The topological polar surface area (TPSA) is 128 Å². The number of hydrogen-bond acceptors (Lipinski definition) is 7. The second-order valence-electron chi connectivity index (χ2n) is 6.26. The first-order valence-electron chi connectivity index (χ1n) is 9.02. The molecule has 30 heavy (non-hydrogen) atoms. The Morgan fingerprint density at radius 2 is 1.83 bits per heavy atom. The number of amides is 2. The summed E-state index contributed by atoms with van der Waals surface area (Å²) in [6.07, 6.45) is 1.54. The van der Waals surface area contributed by atoms with Crippen LogP contribution in [0.25, 0.3) is 11.3 Å². The molecule has 9 nitrogen and oxygen atoms in total. The number of ether oxygens (including phenoxy) is 2. The van der Waals surface area contributed by atoms with Crippen molar-refractivity contribution in [2.75, 3.05) is 30.1 Å². The van der Waals surface area contributed by atoms with Crippen molar-refractivity contribution in [3.8, 4) is 22.8 Å². The number of nitrogens with zero attached hydrogens (tertiary/aromatic N) is 2. The van der Waals surface area contributed by atoms with E-state index in [2.05, 4.69) is 20.6 Å². The number of methoxy groups -OCH3 is 1. The van der Waals surface area contributed by atoms with Crippen molar-refractivity contribution in [1.82, 2.24) is 9.97 Å². The van der Waals surface area contributed by atoms with Crippen LogP contribution in [-0.4, -0.2) is 35.5 Å². The molecule has 2 aromatic carbocycles. The summed E-state index contributed by atoms with van der Waals surface area (Å²) in [7, 11) is 1.55. The molecule has 0 aliphatic heterocycles. The summed E-state index contributed by atoms with van der Waals surface area (Å²) >= 11 is 0. The van der Waals surface area contributed by atoms with Gasteiger partial charge in [-0.3, -0.25) is 9.59 Å². The molecule has 3 rings (SSSR count). The molecule has 0 saturated heterocycles. The highest BCUT2D eigenvalue weighted by atomic mass is 16.5.